The van der Waals surface area contributed by atoms with E-state index in [4.69, 9.17) is 16.0 Å². The van der Waals surface area contributed by atoms with Gasteiger partial charge in [0.15, 0.2) is 6.39 Å². The van der Waals surface area contributed by atoms with Crippen molar-refractivity contribution in [2.45, 2.75) is 6.42 Å². The van der Waals surface area contributed by atoms with E-state index in [-0.39, 0.29) is 5.91 Å². The van der Waals surface area contributed by atoms with Crippen LogP contribution in [-0.2, 0) is 6.42 Å². The SMILES string of the molecule is O=C(NCCc1cocn1)c1ccc(Cl)cc1. The van der Waals surface area contributed by atoms with Gasteiger partial charge in [-0.05, 0) is 24.3 Å². The summed E-state index contributed by atoms with van der Waals surface area (Å²) in [6.07, 6.45) is 3.58. The molecule has 0 fully saturated rings. The highest BCUT2D eigenvalue weighted by Gasteiger charge is 2.04. The van der Waals surface area contributed by atoms with Gasteiger partial charge in [-0.2, -0.15) is 0 Å². The minimum atomic E-state index is -0.120. The van der Waals surface area contributed by atoms with Crippen LogP contribution in [0.25, 0.3) is 0 Å². The molecular formula is C12H11ClN2O2. The fourth-order valence-electron chi connectivity index (χ4n) is 1.37. The summed E-state index contributed by atoms with van der Waals surface area (Å²) in [6.45, 7) is 0.522. The number of nitrogens with one attached hydrogen (secondary N) is 1. The van der Waals surface area contributed by atoms with Crippen molar-refractivity contribution in [1.82, 2.24) is 10.3 Å². The maximum atomic E-state index is 11.7. The van der Waals surface area contributed by atoms with E-state index in [1.165, 1.54) is 6.39 Å². The van der Waals surface area contributed by atoms with Crippen molar-refractivity contribution >= 4 is 17.5 Å². The summed E-state index contributed by atoms with van der Waals surface area (Å²) in [4.78, 5) is 15.6. The molecule has 0 radical (unpaired) electrons. The Kier molecular flexibility index (Phi) is 3.77. The summed E-state index contributed by atoms with van der Waals surface area (Å²) in [5.41, 5.74) is 1.41. The van der Waals surface area contributed by atoms with Crippen LogP contribution >= 0.6 is 11.6 Å². The van der Waals surface area contributed by atoms with E-state index < -0.39 is 0 Å². The Hall–Kier alpha value is -1.81. The number of nitrogens with zero attached hydrogens (tertiary/aromatic N) is 1. The molecule has 17 heavy (non-hydrogen) atoms. The molecule has 2 rings (SSSR count). The Balaban J connectivity index is 1.83. The van der Waals surface area contributed by atoms with Crippen LogP contribution in [0.2, 0.25) is 5.02 Å². The molecule has 0 atom stereocenters. The lowest BCUT2D eigenvalue weighted by Crippen LogP contribution is -2.25. The van der Waals surface area contributed by atoms with Gasteiger partial charge in [0.1, 0.15) is 6.26 Å². The summed E-state index contributed by atoms with van der Waals surface area (Å²) in [5, 5.41) is 3.41. The molecule has 1 amide bonds. The minimum absolute atomic E-state index is 0.120. The Labute approximate surface area is 104 Å². The third-order valence-electron chi connectivity index (χ3n) is 2.26. The lowest BCUT2D eigenvalue weighted by atomic mass is 10.2. The Morgan fingerprint density at radius 2 is 2.12 bits per heavy atom. The molecule has 0 spiro atoms. The molecule has 2 aromatic rings. The van der Waals surface area contributed by atoms with Crippen LogP contribution in [0.4, 0.5) is 0 Å². The number of rotatable bonds is 4. The summed E-state index contributed by atoms with van der Waals surface area (Å²) in [6, 6.07) is 6.75. The van der Waals surface area contributed by atoms with Crippen LogP contribution in [0.3, 0.4) is 0 Å². The number of carbonyl (C=O) groups is 1. The molecule has 1 aromatic carbocycles. The lowest BCUT2D eigenvalue weighted by molar-refractivity contribution is 0.0954. The molecule has 5 heteroatoms. The molecule has 1 N–H and O–H groups in total. The summed E-state index contributed by atoms with van der Waals surface area (Å²) >= 11 is 5.74. The fourth-order valence-corrected chi connectivity index (χ4v) is 1.49. The van der Waals surface area contributed by atoms with E-state index in [0.29, 0.717) is 23.6 Å². The van der Waals surface area contributed by atoms with Gasteiger partial charge in [-0.3, -0.25) is 4.79 Å². The number of amides is 1. The Morgan fingerprint density at radius 1 is 1.35 bits per heavy atom. The van der Waals surface area contributed by atoms with Gasteiger partial charge < -0.3 is 9.73 Å². The van der Waals surface area contributed by atoms with Crippen LogP contribution in [0.5, 0.6) is 0 Å². The summed E-state index contributed by atoms with van der Waals surface area (Å²) < 4.78 is 4.83. The Morgan fingerprint density at radius 3 is 2.76 bits per heavy atom. The fraction of sp³-hybridized carbons (Fsp3) is 0.167. The van der Waals surface area contributed by atoms with Crippen LogP contribution in [-0.4, -0.2) is 17.4 Å². The predicted octanol–water partition coefficient (Wildman–Crippen LogP) is 2.30. The van der Waals surface area contributed by atoms with Gasteiger partial charge in [0, 0.05) is 23.6 Å². The van der Waals surface area contributed by atoms with Gasteiger partial charge in [0.05, 0.1) is 5.69 Å². The topological polar surface area (TPSA) is 55.1 Å². The first-order chi connectivity index (χ1) is 8.25. The van der Waals surface area contributed by atoms with Crippen LogP contribution < -0.4 is 5.32 Å². The molecule has 0 saturated carbocycles. The third kappa shape index (κ3) is 3.32. The predicted molar refractivity (Wildman–Crippen MR) is 64.0 cm³/mol. The van der Waals surface area contributed by atoms with E-state index in [1.807, 2.05) is 0 Å². The number of aromatic nitrogens is 1. The first kappa shape index (κ1) is 11.7. The number of halogens is 1. The van der Waals surface area contributed by atoms with E-state index in [1.54, 1.807) is 30.5 Å². The summed E-state index contributed by atoms with van der Waals surface area (Å²) in [7, 11) is 0. The molecular weight excluding hydrogens is 240 g/mol. The lowest BCUT2D eigenvalue weighted by Gasteiger charge is -2.03. The number of hydrogen-bond acceptors (Lipinski definition) is 3. The van der Waals surface area contributed by atoms with Gasteiger partial charge in [0.2, 0.25) is 0 Å². The number of carbonyl (C=O) groups excluding carboxylic acids is 1. The molecule has 0 saturated heterocycles. The molecule has 88 valence electrons. The zero-order valence-corrected chi connectivity index (χ0v) is 9.78. The molecule has 0 aliphatic heterocycles. The van der Waals surface area contributed by atoms with Crippen LogP contribution in [0.15, 0.2) is 41.3 Å². The molecule has 1 aromatic heterocycles. The van der Waals surface area contributed by atoms with Crippen molar-refractivity contribution in [3.63, 3.8) is 0 Å². The molecule has 0 unspecified atom stereocenters. The van der Waals surface area contributed by atoms with Crippen molar-refractivity contribution in [3.05, 3.63) is 53.2 Å². The maximum absolute atomic E-state index is 11.7. The number of hydrogen-bond donors (Lipinski definition) is 1. The van der Waals surface area contributed by atoms with Crippen LogP contribution in [0, 0.1) is 0 Å². The van der Waals surface area contributed by atoms with Gasteiger partial charge >= 0.3 is 0 Å². The average Bonchev–Trinajstić information content (AvgIpc) is 2.83. The van der Waals surface area contributed by atoms with E-state index in [2.05, 4.69) is 10.3 Å². The molecule has 1 heterocycles. The number of oxazole rings is 1. The standard InChI is InChI=1S/C12H11ClN2O2/c13-10-3-1-9(2-4-10)12(16)14-6-5-11-7-17-8-15-11/h1-4,7-8H,5-6H2,(H,14,16). The van der Waals surface area contributed by atoms with Crippen molar-refractivity contribution in [2.75, 3.05) is 6.54 Å². The average molecular weight is 251 g/mol. The van der Waals surface area contributed by atoms with E-state index in [9.17, 15) is 4.79 Å². The highest BCUT2D eigenvalue weighted by molar-refractivity contribution is 6.30. The molecule has 0 bridgehead atoms. The van der Waals surface area contributed by atoms with Crippen molar-refractivity contribution in [2.24, 2.45) is 0 Å². The minimum Gasteiger partial charge on any atom is -0.451 e. The zero-order chi connectivity index (χ0) is 12.1. The first-order valence-corrected chi connectivity index (χ1v) is 5.54. The second kappa shape index (κ2) is 5.50. The van der Waals surface area contributed by atoms with Gasteiger partial charge in [-0.1, -0.05) is 11.6 Å². The molecule has 4 nitrogen and oxygen atoms in total. The zero-order valence-electron chi connectivity index (χ0n) is 9.02. The quantitative estimate of drug-likeness (QED) is 0.906. The molecule has 0 aliphatic carbocycles. The second-order valence-electron chi connectivity index (χ2n) is 3.49. The van der Waals surface area contributed by atoms with Crippen molar-refractivity contribution in [3.8, 4) is 0 Å². The third-order valence-corrected chi connectivity index (χ3v) is 2.51. The number of benzene rings is 1. The smallest absolute Gasteiger partial charge is 0.251 e. The normalized spacial score (nSPS) is 10.2. The van der Waals surface area contributed by atoms with E-state index >= 15 is 0 Å². The summed E-state index contributed by atoms with van der Waals surface area (Å²) in [5.74, 6) is -0.120. The van der Waals surface area contributed by atoms with Gasteiger partial charge in [0.25, 0.3) is 5.91 Å². The maximum Gasteiger partial charge on any atom is 0.251 e. The van der Waals surface area contributed by atoms with Crippen molar-refractivity contribution in [1.29, 1.82) is 0 Å². The van der Waals surface area contributed by atoms with E-state index in [0.717, 1.165) is 5.69 Å². The van der Waals surface area contributed by atoms with Gasteiger partial charge in [-0.15, -0.1) is 0 Å². The molecule has 0 aliphatic rings. The Bertz CT molecular complexity index is 480. The van der Waals surface area contributed by atoms with Crippen LogP contribution in [0.1, 0.15) is 16.1 Å². The first-order valence-electron chi connectivity index (χ1n) is 5.16. The highest BCUT2D eigenvalue weighted by Crippen LogP contribution is 2.09. The largest absolute Gasteiger partial charge is 0.451 e. The van der Waals surface area contributed by atoms with Gasteiger partial charge in [-0.25, -0.2) is 4.98 Å². The second-order valence-corrected chi connectivity index (χ2v) is 3.93. The monoisotopic (exact) mass is 250 g/mol. The van der Waals surface area contributed by atoms with Crippen molar-refractivity contribution < 1.29 is 9.21 Å². The highest BCUT2D eigenvalue weighted by atomic mass is 35.5.